The van der Waals surface area contributed by atoms with E-state index >= 15 is 0 Å². The molecule has 2 aromatic carbocycles. The molecule has 0 unspecified atom stereocenters. The van der Waals surface area contributed by atoms with Gasteiger partial charge < -0.3 is 10.1 Å². The molecule has 0 bridgehead atoms. The molecule has 0 saturated heterocycles. The number of nitrogens with one attached hydrogen (secondary N) is 1. The van der Waals surface area contributed by atoms with Crippen LogP contribution < -0.4 is 10.1 Å². The SMILES string of the molecule is CNCc1ccc(-c2cccc(OCc3ccccc3)c2)nc1. The molecular weight excluding hydrogens is 284 g/mol. The maximum atomic E-state index is 5.88. The molecule has 0 aliphatic carbocycles. The third-order valence-corrected chi connectivity index (χ3v) is 3.58. The molecule has 0 aliphatic rings. The van der Waals surface area contributed by atoms with Gasteiger partial charge >= 0.3 is 0 Å². The highest BCUT2D eigenvalue weighted by atomic mass is 16.5. The Morgan fingerprint density at radius 2 is 1.78 bits per heavy atom. The molecule has 3 nitrogen and oxygen atoms in total. The van der Waals surface area contributed by atoms with Crippen molar-refractivity contribution in [2.24, 2.45) is 0 Å². The highest BCUT2D eigenvalue weighted by Gasteiger charge is 2.02. The number of ether oxygens (including phenoxy) is 1. The van der Waals surface area contributed by atoms with Crippen molar-refractivity contribution >= 4 is 0 Å². The number of nitrogens with zero attached hydrogens (tertiary/aromatic N) is 1. The van der Waals surface area contributed by atoms with E-state index in [2.05, 4.69) is 34.6 Å². The quantitative estimate of drug-likeness (QED) is 0.746. The van der Waals surface area contributed by atoms with Gasteiger partial charge in [-0.25, -0.2) is 0 Å². The van der Waals surface area contributed by atoms with E-state index in [1.54, 1.807) is 0 Å². The lowest BCUT2D eigenvalue weighted by Gasteiger charge is -2.08. The maximum absolute atomic E-state index is 5.88. The standard InChI is InChI=1S/C20H20N2O/c1-21-13-17-10-11-20(22-14-17)18-8-5-9-19(12-18)23-15-16-6-3-2-4-7-16/h2-12,14,21H,13,15H2,1H3. The smallest absolute Gasteiger partial charge is 0.120 e. The van der Waals surface area contributed by atoms with Crippen molar-refractivity contribution in [2.45, 2.75) is 13.2 Å². The maximum Gasteiger partial charge on any atom is 0.120 e. The Labute approximate surface area is 137 Å². The molecule has 3 aromatic rings. The van der Waals surface area contributed by atoms with Crippen LogP contribution in [0.4, 0.5) is 0 Å². The van der Waals surface area contributed by atoms with E-state index < -0.39 is 0 Å². The van der Waals surface area contributed by atoms with Crippen molar-refractivity contribution in [1.82, 2.24) is 10.3 Å². The van der Waals surface area contributed by atoms with Crippen LogP contribution in [-0.4, -0.2) is 12.0 Å². The second kappa shape index (κ2) is 7.56. The molecule has 0 saturated carbocycles. The summed E-state index contributed by atoms with van der Waals surface area (Å²) in [6.45, 7) is 1.40. The Morgan fingerprint density at radius 1 is 0.913 bits per heavy atom. The van der Waals surface area contributed by atoms with Crippen LogP contribution in [0.3, 0.4) is 0 Å². The molecule has 3 rings (SSSR count). The number of hydrogen-bond acceptors (Lipinski definition) is 3. The van der Waals surface area contributed by atoms with Gasteiger partial charge in [-0.2, -0.15) is 0 Å². The molecule has 1 N–H and O–H groups in total. The van der Waals surface area contributed by atoms with E-state index in [0.717, 1.165) is 29.1 Å². The van der Waals surface area contributed by atoms with Crippen molar-refractivity contribution in [1.29, 1.82) is 0 Å². The molecule has 3 heteroatoms. The van der Waals surface area contributed by atoms with Crippen LogP contribution in [0.25, 0.3) is 11.3 Å². The van der Waals surface area contributed by atoms with E-state index in [-0.39, 0.29) is 0 Å². The van der Waals surface area contributed by atoms with E-state index in [1.807, 2.05) is 55.7 Å². The van der Waals surface area contributed by atoms with E-state index in [9.17, 15) is 0 Å². The molecule has 0 fully saturated rings. The van der Waals surface area contributed by atoms with Gasteiger partial charge in [0.25, 0.3) is 0 Å². The van der Waals surface area contributed by atoms with Crippen LogP contribution in [-0.2, 0) is 13.2 Å². The van der Waals surface area contributed by atoms with Crippen LogP contribution in [0, 0.1) is 0 Å². The van der Waals surface area contributed by atoms with Gasteiger partial charge in [0.2, 0.25) is 0 Å². The minimum atomic E-state index is 0.568. The van der Waals surface area contributed by atoms with Gasteiger partial charge in [0.05, 0.1) is 5.69 Å². The number of pyridine rings is 1. The Hall–Kier alpha value is -2.65. The Bertz CT molecular complexity index is 739. The minimum absolute atomic E-state index is 0.568. The first-order valence-electron chi connectivity index (χ1n) is 7.72. The number of hydrogen-bond donors (Lipinski definition) is 1. The number of aromatic nitrogens is 1. The average Bonchev–Trinajstić information content (AvgIpc) is 2.62. The lowest BCUT2D eigenvalue weighted by molar-refractivity contribution is 0.306. The van der Waals surface area contributed by atoms with E-state index in [0.29, 0.717) is 6.61 Å². The predicted molar refractivity (Wildman–Crippen MR) is 93.2 cm³/mol. The largest absolute Gasteiger partial charge is 0.489 e. The first-order chi connectivity index (χ1) is 11.3. The third-order valence-electron chi connectivity index (χ3n) is 3.58. The van der Waals surface area contributed by atoms with Crippen molar-refractivity contribution in [2.75, 3.05) is 7.05 Å². The number of rotatable bonds is 6. The summed E-state index contributed by atoms with van der Waals surface area (Å²) in [6, 6.07) is 22.4. The zero-order chi connectivity index (χ0) is 15.9. The summed E-state index contributed by atoms with van der Waals surface area (Å²) < 4.78 is 5.88. The molecule has 23 heavy (non-hydrogen) atoms. The second-order valence-corrected chi connectivity index (χ2v) is 5.38. The molecule has 0 amide bonds. The summed E-state index contributed by atoms with van der Waals surface area (Å²) in [5.74, 6) is 0.854. The molecule has 0 radical (unpaired) electrons. The van der Waals surface area contributed by atoms with Crippen molar-refractivity contribution in [3.63, 3.8) is 0 Å². The first-order valence-corrected chi connectivity index (χ1v) is 7.72. The fourth-order valence-corrected chi connectivity index (χ4v) is 2.39. The normalized spacial score (nSPS) is 10.5. The van der Waals surface area contributed by atoms with Crippen molar-refractivity contribution < 1.29 is 4.74 Å². The van der Waals surface area contributed by atoms with Crippen LogP contribution in [0.15, 0.2) is 72.9 Å². The van der Waals surface area contributed by atoms with E-state index in [4.69, 9.17) is 4.74 Å². The Balaban J connectivity index is 1.71. The van der Waals surface area contributed by atoms with Crippen LogP contribution in [0.5, 0.6) is 5.75 Å². The van der Waals surface area contributed by atoms with Crippen LogP contribution >= 0.6 is 0 Å². The molecule has 0 spiro atoms. The molecule has 1 aromatic heterocycles. The lowest BCUT2D eigenvalue weighted by Crippen LogP contribution is -2.05. The van der Waals surface area contributed by atoms with Crippen molar-refractivity contribution in [3.8, 4) is 17.0 Å². The third kappa shape index (κ3) is 4.18. The number of benzene rings is 2. The van der Waals surface area contributed by atoms with Gasteiger partial charge in [0.15, 0.2) is 0 Å². The average molecular weight is 304 g/mol. The van der Waals surface area contributed by atoms with E-state index in [1.165, 1.54) is 5.56 Å². The van der Waals surface area contributed by atoms with Gasteiger partial charge in [-0.3, -0.25) is 4.98 Å². The minimum Gasteiger partial charge on any atom is -0.489 e. The topological polar surface area (TPSA) is 34.1 Å². The monoisotopic (exact) mass is 304 g/mol. The van der Waals surface area contributed by atoms with Gasteiger partial charge in [-0.15, -0.1) is 0 Å². The molecule has 116 valence electrons. The van der Waals surface area contributed by atoms with Crippen LogP contribution in [0.2, 0.25) is 0 Å². The summed E-state index contributed by atoms with van der Waals surface area (Å²) in [6.07, 6.45) is 1.91. The molecule has 0 atom stereocenters. The van der Waals surface area contributed by atoms with Gasteiger partial charge in [0, 0.05) is 18.3 Å². The summed E-state index contributed by atoms with van der Waals surface area (Å²) >= 11 is 0. The fourth-order valence-electron chi connectivity index (χ4n) is 2.39. The predicted octanol–water partition coefficient (Wildman–Crippen LogP) is 4.05. The summed E-state index contributed by atoms with van der Waals surface area (Å²) in [7, 11) is 1.93. The summed E-state index contributed by atoms with van der Waals surface area (Å²) in [5, 5.41) is 3.12. The molecule has 1 heterocycles. The lowest BCUT2D eigenvalue weighted by atomic mass is 10.1. The Kier molecular flexibility index (Phi) is 5.02. The van der Waals surface area contributed by atoms with Crippen LogP contribution in [0.1, 0.15) is 11.1 Å². The first kappa shape index (κ1) is 15.3. The van der Waals surface area contributed by atoms with Gasteiger partial charge in [0.1, 0.15) is 12.4 Å². The highest BCUT2D eigenvalue weighted by molar-refractivity contribution is 5.61. The summed E-state index contributed by atoms with van der Waals surface area (Å²) in [5.41, 5.74) is 4.35. The van der Waals surface area contributed by atoms with Crippen molar-refractivity contribution in [3.05, 3.63) is 84.1 Å². The molecular formula is C20H20N2O. The zero-order valence-electron chi connectivity index (χ0n) is 13.2. The molecule has 0 aliphatic heterocycles. The van der Waals surface area contributed by atoms with Gasteiger partial charge in [-0.1, -0.05) is 48.5 Å². The summed E-state index contributed by atoms with van der Waals surface area (Å²) in [4.78, 5) is 4.53. The highest BCUT2D eigenvalue weighted by Crippen LogP contribution is 2.23. The van der Waals surface area contributed by atoms with Gasteiger partial charge in [-0.05, 0) is 36.4 Å². The Morgan fingerprint density at radius 3 is 2.52 bits per heavy atom. The fraction of sp³-hybridized carbons (Fsp3) is 0.150. The second-order valence-electron chi connectivity index (χ2n) is 5.38. The zero-order valence-corrected chi connectivity index (χ0v) is 13.2.